The first-order valence-corrected chi connectivity index (χ1v) is 9.25. The van der Waals surface area contributed by atoms with Crippen LogP contribution in [0.25, 0.3) is 5.52 Å². The molecule has 8 nitrogen and oxygen atoms in total. The Morgan fingerprint density at radius 3 is 2.93 bits per heavy atom. The smallest absolute Gasteiger partial charge is 0.425 e. The number of amides is 1. The average molecular weight is 421 g/mol. The van der Waals surface area contributed by atoms with Crippen molar-refractivity contribution in [3.63, 3.8) is 0 Å². The number of alkyl halides is 3. The van der Waals surface area contributed by atoms with Crippen molar-refractivity contribution in [1.29, 1.82) is 0 Å². The van der Waals surface area contributed by atoms with Crippen molar-refractivity contribution >= 4 is 11.4 Å². The van der Waals surface area contributed by atoms with Crippen LogP contribution >= 0.6 is 0 Å². The molecule has 158 valence electrons. The van der Waals surface area contributed by atoms with Crippen LogP contribution in [-0.4, -0.2) is 38.0 Å². The van der Waals surface area contributed by atoms with Crippen LogP contribution < -0.4 is 5.32 Å². The normalized spacial score (nSPS) is 18.9. The molecule has 1 N–H and O–H groups in total. The number of fused-ring (bicyclic) bond motifs is 1. The number of rotatable bonds is 7. The summed E-state index contributed by atoms with van der Waals surface area (Å²) in [5, 5.41) is 10.5. The highest BCUT2D eigenvalue weighted by Gasteiger charge is 2.42. The van der Waals surface area contributed by atoms with Crippen molar-refractivity contribution in [2.24, 2.45) is 0 Å². The maximum absolute atomic E-state index is 12.3. The molecule has 11 heteroatoms. The largest absolute Gasteiger partial charge is 0.522 e. The van der Waals surface area contributed by atoms with Gasteiger partial charge in [0.25, 0.3) is 5.91 Å². The maximum atomic E-state index is 12.3. The molecule has 3 aromatic rings. The molecule has 30 heavy (non-hydrogen) atoms. The second-order valence-electron chi connectivity index (χ2n) is 7.06. The molecule has 0 bridgehead atoms. The number of halogens is 3. The standard InChI is InChI=1S/C19H18F3N5O3/c1-11(24-17(28)15-9-13-3-2-6-27(13)10-23-15)4-5-16-25-26-18(29-16)12-7-14(8-12)30-19(20,21)22/h2-3,6,9-10,12,14H,1,4-5,7-8H2,(H,24,28). The number of aromatic nitrogens is 4. The van der Waals surface area contributed by atoms with Crippen molar-refractivity contribution in [3.8, 4) is 0 Å². The number of nitrogens with one attached hydrogen (secondary N) is 1. The minimum absolute atomic E-state index is 0.183. The molecular formula is C19H18F3N5O3. The summed E-state index contributed by atoms with van der Waals surface area (Å²) in [7, 11) is 0. The SMILES string of the molecule is C=C(CCc1nnc(C2CC(OC(F)(F)F)C2)o1)NC(=O)c1cc2cccn2cn1. The number of carbonyl (C=O) groups excluding carboxylic acids is 1. The fourth-order valence-electron chi connectivity index (χ4n) is 3.19. The van der Waals surface area contributed by atoms with E-state index in [9.17, 15) is 18.0 Å². The molecule has 1 amide bonds. The predicted octanol–water partition coefficient (Wildman–Crippen LogP) is 3.38. The Morgan fingerprint density at radius 2 is 2.17 bits per heavy atom. The van der Waals surface area contributed by atoms with E-state index in [1.165, 1.54) is 0 Å². The van der Waals surface area contributed by atoms with Gasteiger partial charge in [-0.25, -0.2) is 4.98 Å². The third-order valence-corrected chi connectivity index (χ3v) is 4.81. The first kappa shape index (κ1) is 20.1. The molecule has 3 aromatic heterocycles. The van der Waals surface area contributed by atoms with Crippen LogP contribution in [0, 0.1) is 0 Å². The van der Waals surface area contributed by atoms with Crippen LogP contribution in [0.1, 0.15) is 47.5 Å². The van der Waals surface area contributed by atoms with E-state index < -0.39 is 12.5 Å². The molecule has 1 aliphatic carbocycles. The first-order valence-electron chi connectivity index (χ1n) is 9.25. The van der Waals surface area contributed by atoms with Crippen molar-refractivity contribution < 1.29 is 27.1 Å². The van der Waals surface area contributed by atoms with Gasteiger partial charge in [0.2, 0.25) is 11.8 Å². The van der Waals surface area contributed by atoms with Gasteiger partial charge in [-0.1, -0.05) is 6.58 Å². The van der Waals surface area contributed by atoms with E-state index in [1.54, 1.807) is 16.8 Å². The Balaban J connectivity index is 1.24. The topological polar surface area (TPSA) is 94.5 Å². The van der Waals surface area contributed by atoms with E-state index in [4.69, 9.17) is 4.42 Å². The summed E-state index contributed by atoms with van der Waals surface area (Å²) < 4.78 is 47.8. The van der Waals surface area contributed by atoms with E-state index in [0.717, 1.165) is 5.52 Å². The lowest BCUT2D eigenvalue weighted by molar-refractivity contribution is -0.352. The van der Waals surface area contributed by atoms with Gasteiger partial charge < -0.3 is 14.1 Å². The van der Waals surface area contributed by atoms with Gasteiger partial charge in [-0.15, -0.1) is 23.4 Å². The molecular weight excluding hydrogens is 403 g/mol. The minimum atomic E-state index is -4.64. The van der Waals surface area contributed by atoms with Crippen LogP contribution in [0.2, 0.25) is 0 Å². The first-order chi connectivity index (χ1) is 14.3. The Morgan fingerprint density at radius 1 is 1.37 bits per heavy atom. The van der Waals surface area contributed by atoms with Gasteiger partial charge in [-0.3, -0.25) is 9.53 Å². The average Bonchev–Trinajstić information content (AvgIpc) is 3.30. The van der Waals surface area contributed by atoms with Crippen molar-refractivity contribution in [2.45, 2.75) is 44.1 Å². The van der Waals surface area contributed by atoms with E-state index in [2.05, 4.69) is 31.8 Å². The van der Waals surface area contributed by atoms with Gasteiger partial charge in [0.1, 0.15) is 5.69 Å². The Bertz CT molecular complexity index is 1070. The monoisotopic (exact) mass is 421 g/mol. The number of hydrogen-bond acceptors (Lipinski definition) is 6. The molecule has 0 atom stereocenters. The highest BCUT2D eigenvalue weighted by molar-refractivity contribution is 5.94. The van der Waals surface area contributed by atoms with Gasteiger partial charge in [0.15, 0.2) is 0 Å². The summed E-state index contributed by atoms with van der Waals surface area (Å²) in [6.07, 6.45) is -1.06. The number of ether oxygens (including phenoxy) is 1. The number of nitrogens with zero attached hydrogens (tertiary/aromatic N) is 4. The Hall–Kier alpha value is -3.21. The van der Waals surface area contributed by atoms with Crippen LogP contribution in [0.4, 0.5) is 13.2 Å². The fraction of sp³-hybridized carbons (Fsp3) is 0.368. The van der Waals surface area contributed by atoms with Gasteiger partial charge >= 0.3 is 6.36 Å². The lowest BCUT2D eigenvalue weighted by Crippen LogP contribution is -2.34. The summed E-state index contributed by atoms with van der Waals surface area (Å²) in [6, 6.07) is 5.38. The zero-order valence-corrected chi connectivity index (χ0v) is 15.7. The lowest BCUT2D eigenvalue weighted by Gasteiger charge is -2.32. The predicted molar refractivity (Wildman–Crippen MR) is 97.3 cm³/mol. The number of hydrogen-bond donors (Lipinski definition) is 1. The second-order valence-corrected chi connectivity index (χ2v) is 7.06. The summed E-state index contributed by atoms with van der Waals surface area (Å²) in [4.78, 5) is 16.4. The molecule has 3 heterocycles. The lowest BCUT2D eigenvalue weighted by atomic mass is 9.82. The van der Waals surface area contributed by atoms with E-state index >= 15 is 0 Å². The van der Waals surface area contributed by atoms with E-state index in [1.807, 2.05) is 18.3 Å². The third-order valence-electron chi connectivity index (χ3n) is 4.81. The maximum Gasteiger partial charge on any atom is 0.522 e. The molecule has 1 aliphatic rings. The van der Waals surface area contributed by atoms with Crippen LogP contribution in [0.15, 0.2) is 47.4 Å². The highest BCUT2D eigenvalue weighted by atomic mass is 19.4. The molecule has 0 aromatic carbocycles. The van der Waals surface area contributed by atoms with Gasteiger partial charge in [-0.2, -0.15) is 0 Å². The number of aryl methyl sites for hydroxylation is 1. The zero-order valence-electron chi connectivity index (χ0n) is 15.7. The Kier molecular flexibility index (Phi) is 5.29. The number of allylic oxidation sites excluding steroid dienone is 1. The molecule has 0 radical (unpaired) electrons. The second kappa shape index (κ2) is 7.90. The molecule has 4 rings (SSSR count). The summed E-state index contributed by atoms with van der Waals surface area (Å²) in [5.74, 6) is 0.0105. The summed E-state index contributed by atoms with van der Waals surface area (Å²) >= 11 is 0. The fourth-order valence-corrected chi connectivity index (χ4v) is 3.19. The number of carbonyl (C=O) groups is 1. The van der Waals surface area contributed by atoms with Crippen LogP contribution in [0.5, 0.6) is 0 Å². The summed E-state index contributed by atoms with van der Waals surface area (Å²) in [6.45, 7) is 3.82. The van der Waals surface area contributed by atoms with Crippen LogP contribution in [-0.2, 0) is 11.2 Å². The van der Waals surface area contributed by atoms with Gasteiger partial charge in [0, 0.05) is 29.7 Å². The van der Waals surface area contributed by atoms with Crippen molar-refractivity contribution in [1.82, 2.24) is 24.9 Å². The van der Waals surface area contributed by atoms with E-state index in [0.29, 0.717) is 30.3 Å². The molecule has 1 saturated carbocycles. The van der Waals surface area contributed by atoms with Gasteiger partial charge in [-0.05, 0) is 37.5 Å². The minimum Gasteiger partial charge on any atom is -0.425 e. The zero-order chi connectivity index (χ0) is 21.3. The summed E-state index contributed by atoms with van der Waals surface area (Å²) in [5.41, 5.74) is 1.57. The highest BCUT2D eigenvalue weighted by Crippen LogP contribution is 2.40. The van der Waals surface area contributed by atoms with E-state index in [-0.39, 0.29) is 30.4 Å². The molecule has 0 aliphatic heterocycles. The van der Waals surface area contributed by atoms with Crippen molar-refractivity contribution in [3.05, 3.63) is 60.5 Å². The van der Waals surface area contributed by atoms with Crippen LogP contribution in [0.3, 0.4) is 0 Å². The van der Waals surface area contributed by atoms with Gasteiger partial charge in [0.05, 0.1) is 12.4 Å². The molecule has 0 spiro atoms. The molecule has 0 unspecified atom stereocenters. The van der Waals surface area contributed by atoms with Crippen molar-refractivity contribution in [2.75, 3.05) is 0 Å². The molecule has 0 saturated heterocycles. The Labute approximate surface area is 168 Å². The quantitative estimate of drug-likeness (QED) is 0.629. The third kappa shape index (κ3) is 4.67. The molecule has 1 fully saturated rings.